The zero-order valence-corrected chi connectivity index (χ0v) is 18.2. The topological polar surface area (TPSA) is 70.7 Å². The Labute approximate surface area is 187 Å². The Morgan fingerprint density at radius 2 is 1.88 bits per heavy atom. The third-order valence-electron chi connectivity index (χ3n) is 4.87. The van der Waals surface area contributed by atoms with Crippen LogP contribution in [-0.4, -0.2) is 39.0 Å². The summed E-state index contributed by atoms with van der Waals surface area (Å²) in [4.78, 5) is 13.1. The van der Waals surface area contributed by atoms with Gasteiger partial charge >= 0.3 is 6.61 Å². The highest BCUT2D eigenvalue weighted by Gasteiger charge is 2.16. The molecule has 168 valence electrons. The quantitative estimate of drug-likeness (QED) is 0.259. The van der Waals surface area contributed by atoms with Gasteiger partial charge in [-0.2, -0.15) is 8.78 Å². The fraction of sp³-hybridized carbons (Fsp3) is 0.318. The van der Waals surface area contributed by atoms with Crippen LogP contribution in [0.1, 0.15) is 18.9 Å². The number of hydrogen-bond acceptors (Lipinski definition) is 6. The lowest BCUT2D eigenvalue weighted by Crippen LogP contribution is -2.24. The molecule has 0 N–H and O–H groups in total. The smallest absolute Gasteiger partial charge is 0.387 e. The summed E-state index contributed by atoms with van der Waals surface area (Å²) >= 11 is 1.45. The fourth-order valence-electron chi connectivity index (χ4n) is 3.41. The number of alkyl halides is 2. The summed E-state index contributed by atoms with van der Waals surface area (Å²) in [5.41, 5.74) is 1.55. The molecule has 0 aliphatic heterocycles. The maximum absolute atomic E-state index is 13.1. The Balaban J connectivity index is 1.64. The first-order chi connectivity index (χ1) is 15.6. The van der Waals surface area contributed by atoms with Crippen molar-refractivity contribution in [2.75, 3.05) is 13.2 Å². The highest BCUT2D eigenvalue weighted by Crippen LogP contribution is 2.26. The van der Waals surface area contributed by atoms with Gasteiger partial charge in [0.1, 0.15) is 5.75 Å². The van der Waals surface area contributed by atoms with E-state index in [0.717, 1.165) is 11.1 Å². The monoisotopic (exact) mass is 460 g/mol. The standard InChI is InChI=1S/C22H22F2N4O3S/c1-2-30-13-5-12-27-19(29)17-6-3-4-7-18(17)28-21(27)25-26-22(28)32-14-15-8-10-16(11-9-15)31-20(23)24/h3-4,6-11,20H,2,5,12-14H2,1H3. The average Bonchev–Trinajstić information content (AvgIpc) is 3.22. The first-order valence-corrected chi connectivity index (χ1v) is 11.2. The highest BCUT2D eigenvalue weighted by molar-refractivity contribution is 7.98. The molecule has 2 aromatic carbocycles. The SMILES string of the molecule is CCOCCCn1c(=O)c2ccccc2n2c(SCc3ccc(OC(F)F)cc3)nnc12. The maximum Gasteiger partial charge on any atom is 0.387 e. The van der Waals surface area contributed by atoms with Crippen molar-refractivity contribution in [1.29, 1.82) is 0 Å². The lowest BCUT2D eigenvalue weighted by Gasteiger charge is -2.11. The molecular formula is C22H22F2N4O3S. The molecule has 4 rings (SSSR count). The molecular weight excluding hydrogens is 438 g/mol. The van der Waals surface area contributed by atoms with Gasteiger partial charge < -0.3 is 9.47 Å². The molecule has 0 aliphatic carbocycles. The van der Waals surface area contributed by atoms with Gasteiger partial charge in [0.05, 0.1) is 10.9 Å². The Kier molecular flexibility index (Phi) is 7.01. The van der Waals surface area contributed by atoms with Gasteiger partial charge in [-0.1, -0.05) is 36.0 Å². The van der Waals surface area contributed by atoms with Crippen LogP contribution in [0.3, 0.4) is 0 Å². The number of nitrogens with zero attached hydrogens (tertiary/aromatic N) is 4. The van der Waals surface area contributed by atoms with Crippen molar-refractivity contribution in [3.8, 4) is 5.75 Å². The van der Waals surface area contributed by atoms with E-state index in [-0.39, 0.29) is 11.3 Å². The van der Waals surface area contributed by atoms with Crippen molar-refractivity contribution in [3.63, 3.8) is 0 Å². The van der Waals surface area contributed by atoms with E-state index in [2.05, 4.69) is 14.9 Å². The molecule has 0 fully saturated rings. The molecule has 0 bridgehead atoms. The number of para-hydroxylation sites is 1. The van der Waals surface area contributed by atoms with E-state index in [9.17, 15) is 13.6 Å². The number of benzene rings is 2. The molecule has 4 aromatic rings. The molecule has 0 aliphatic rings. The molecule has 0 radical (unpaired) electrons. The van der Waals surface area contributed by atoms with Crippen LogP contribution in [0.4, 0.5) is 8.78 Å². The van der Waals surface area contributed by atoms with Crippen LogP contribution in [0.5, 0.6) is 5.75 Å². The van der Waals surface area contributed by atoms with E-state index >= 15 is 0 Å². The number of fused-ring (bicyclic) bond motifs is 3. The van der Waals surface area contributed by atoms with E-state index in [1.165, 1.54) is 23.9 Å². The molecule has 2 heterocycles. The molecule has 0 amide bonds. The third-order valence-corrected chi connectivity index (χ3v) is 5.87. The van der Waals surface area contributed by atoms with E-state index < -0.39 is 6.61 Å². The van der Waals surface area contributed by atoms with Gasteiger partial charge in [-0.05, 0) is 43.2 Å². The summed E-state index contributed by atoms with van der Waals surface area (Å²) in [5.74, 6) is 1.14. The Morgan fingerprint density at radius 3 is 2.62 bits per heavy atom. The van der Waals surface area contributed by atoms with Crippen LogP contribution >= 0.6 is 11.8 Å². The lowest BCUT2D eigenvalue weighted by atomic mass is 10.2. The number of aromatic nitrogens is 4. The van der Waals surface area contributed by atoms with Crippen LogP contribution in [0.2, 0.25) is 0 Å². The van der Waals surface area contributed by atoms with Gasteiger partial charge in [0.15, 0.2) is 5.16 Å². The van der Waals surface area contributed by atoms with Crippen LogP contribution in [0, 0.1) is 0 Å². The summed E-state index contributed by atoms with van der Waals surface area (Å²) in [6.07, 6.45) is 0.685. The fourth-order valence-corrected chi connectivity index (χ4v) is 4.31. The van der Waals surface area contributed by atoms with E-state index in [1.807, 2.05) is 29.5 Å². The highest BCUT2D eigenvalue weighted by atomic mass is 32.2. The minimum Gasteiger partial charge on any atom is -0.435 e. The largest absolute Gasteiger partial charge is 0.435 e. The molecule has 10 heteroatoms. The van der Waals surface area contributed by atoms with Gasteiger partial charge in [0.25, 0.3) is 5.56 Å². The maximum atomic E-state index is 13.1. The minimum atomic E-state index is -2.85. The summed E-state index contributed by atoms with van der Waals surface area (Å²) in [6, 6.07) is 13.9. The number of halogens is 2. The summed E-state index contributed by atoms with van der Waals surface area (Å²) in [6.45, 7) is 0.743. The van der Waals surface area contributed by atoms with Crippen LogP contribution in [0.25, 0.3) is 16.7 Å². The van der Waals surface area contributed by atoms with Crippen molar-refractivity contribution in [2.24, 2.45) is 0 Å². The summed E-state index contributed by atoms with van der Waals surface area (Å²) < 4.78 is 38.0. The number of aryl methyl sites for hydroxylation is 1. The zero-order chi connectivity index (χ0) is 22.5. The van der Waals surface area contributed by atoms with Gasteiger partial charge in [-0.25, -0.2) is 0 Å². The molecule has 0 saturated heterocycles. The van der Waals surface area contributed by atoms with E-state index in [1.54, 1.807) is 22.8 Å². The van der Waals surface area contributed by atoms with Crippen molar-refractivity contribution >= 4 is 28.4 Å². The van der Waals surface area contributed by atoms with Crippen molar-refractivity contribution in [1.82, 2.24) is 19.2 Å². The first kappa shape index (κ1) is 22.2. The van der Waals surface area contributed by atoms with Crippen molar-refractivity contribution in [2.45, 2.75) is 37.4 Å². The molecule has 32 heavy (non-hydrogen) atoms. The molecule has 0 atom stereocenters. The molecule has 7 nitrogen and oxygen atoms in total. The Hall–Kier alpha value is -2.98. The van der Waals surface area contributed by atoms with Crippen molar-refractivity contribution < 1.29 is 18.3 Å². The molecule has 0 spiro atoms. The van der Waals surface area contributed by atoms with Gasteiger partial charge in [-0.3, -0.25) is 13.8 Å². The number of ether oxygens (including phenoxy) is 2. The van der Waals surface area contributed by atoms with Crippen LogP contribution < -0.4 is 10.3 Å². The van der Waals surface area contributed by atoms with E-state index in [4.69, 9.17) is 4.74 Å². The molecule has 0 saturated carbocycles. The normalized spacial score (nSPS) is 11.6. The first-order valence-electron chi connectivity index (χ1n) is 10.2. The number of rotatable bonds is 10. The molecule has 0 unspecified atom stereocenters. The summed E-state index contributed by atoms with van der Waals surface area (Å²) in [7, 11) is 0. The van der Waals surface area contributed by atoms with Crippen LogP contribution in [-0.2, 0) is 17.0 Å². The molecule has 2 aromatic heterocycles. The van der Waals surface area contributed by atoms with Crippen molar-refractivity contribution in [3.05, 3.63) is 64.4 Å². The van der Waals surface area contributed by atoms with Gasteiger partial charge in [-0.15, -0.1) is 10.2 Å². The Morgan fingerprint density at radius 1 is 1.09 bits per heavy atom. The Bertz CT molecular complexity index is 1260. The second kappa shape index (κ2) is 10.1. The predicted molar refractivity (Wildman–Crippen MR) is 118 cm³/mol. The predicted octanol–water partition coefficient (Wildman–Crippen LogP) is 4.36. The third kappa shape index (κ3) is 4.76. The second-order valence-corrected chi connectivity index (χ2v) is 7.90. The van der Waals surface area contributed by atoms with Gasteiger partial charge in [0.2, 0.25) is 5.78 Å². The average molecular weight is 461 g/mol. The van der Waals surface area contributed by atoms with E-state index in [0.29, 0.717) is 48.3 Å². The van der Waals surface area contributed by atoms with Crippen LogP contribution in [0.15, 0.2) is 58.5 Å². The van der Waals surface area contributed by atoms with Gasteiger partial charge in [0, 0.05) is 25.5 Å². The number of thioether (sulfide) groups is 1. The number of hydrogen-bond donors (Lipinski definition) is 0. The lowest BCUT2D eigenvalue weighted by molar-refractivity contribution is -0.0498. The second-order valence-electron chi connectivity index (χ2n) is 6.95. The summed E-state index contributed by atoms with van der Waals surface area (Å²) in [5, 5.41) is 9.85. The zero-order valence-electron chi connectivity index (χ0n) is 17.4. The minimum absolute atomic E-state index is 0.108.